The smallest absolute Gasteiger partial charge is 0.248 e. The molecule has 0 radical (unpaired) electrons. The van der Waals surface area contributed by atoms with Crippen LogP contribution in [0.25, 0.3) is 0 Å². The summed E-state index contributed by atoms with van der Waals surface area (Å²) in [6.45, 7) is 19.8. The van der Waals surface area contributed by atoms with Gasteiger partial charge in [0, 0.05) is 19.1 Å². The zero-order chi connectivity index (χ0) is 23.1. The lowest BCUT2D eigenvalue weighted by Gasteiger charge is -2.40. The van der Waals surface area contributed by atoms with Crippen molar-refractivity contribution in [3.63, 3.8) is 0 Å². The van der Waals surface area contributed by atoms with Crippen molar-refractivity contribution in [2.45, 2.75) is 116 Å². The minimum atomic E-state index is -1.95. The highest BCUT2D eigenvalue weighted by molar-refractivity contribution is 6.74. The maximum Gasteiger partial charge on any atom is 0.248 e. The molecule has 1 rings (SSSR count). The van der Waals surface area contributed by atoms with E-state index in [1.165, 1.54) is 30.6 Å². The number of hydroxylamine groups is 2. The van der Waals surface area contributed by atoms with Crippen molar-refractivity contribution in [2.24, 2.45) is 5.92 Å². The summed E-state index contributed by atoms with van der Waals surface area (Å²) in [5, 5.41) is 1.44. The standard InChI is InChI=1S/C24H47NO4Si/c1-11-12-13-20-16-18(2)22(28-20)15-14-21(29-30(9,10)24(4,5)6)17-19(3)23(26)25(7)27-8/h19-22H,2,11-17H2,1,3-10H3/t19-,20?,21+,22?/m1/s1. The third-order valence-electron chi connectivity index (χ3n) is 6.82. The Morgan fingerprint density at radius 2 is 1.97 bits per heavy atom. The lowest BCUT2D eigenvalue weighted by molar-refractivity contribution is -0.173. The minimum Gasteiger partial charge on any atom is -0.414 e. The maximum atomic E-state index is 12.5. The Kier molecular flexibility index (Phi) is 10.7. The van der Waals surface area contributed by atoms with Gasteiger partial charge in [0.25, 0.3) is 0 Å². The fourth-order valence-corrected chi connectivity index (χ4v) is 5.13. The van der Waals surface area contributed by atoms with Crippen molar-refractivity contribution in [2.75, 3.05) is 14.2 Å². The number of nitrogens with zero attached hydrogens (tertiary/aromatic N) is 1. The first kappa shape index (κ1) is 27.3. The van der Waals surface area contributed by atoms with Gasteiger partial charge >= 0.3 is 0 Å². The largest absolute Gasteiger partial charge is 0.414 e. The van der Waals surface area contributed by atoms with E-state index in [0.29, 0.717) is 12.5 Å². The molecule has 1 saturated heterocycles. The van der Waals surface area contributed by atoms with Crippen LogP contribution in [0.2, 0.25) is 18.1 Å². The molecule has 2 unspecified atom stereocenters. The van der Waals surface area contributed by atoms with Crippen LogP contribution in [0.1, 0.15) is 79.6 Å². The number of carbonyl (C=O) groups is 1. The molecule has 0 aromatic heterocycles. The summed E-state index contributed by atoms with van der Waals surface area (Å²) in [5.41, 5.74) is 1.21. The summed E-state index contributed by atoms with van der Waals surface area (Å²) in [6, 6.07) is 0. The summed E-state index contributed by atoms with van der Waals surface area (Å²) in [6.07, 6.45) is 7.43. The van der Waals surface area contributed by atoms with Crippen LogP contribution in [-0.2, 0) is 18.8 Å². The van der Waals surface area contributed by atoms with E-state index < -0.39 is 8.32 Å². The second kappa shape index (κ2) is 11.8. The van der Waals surface area contributed by atoms with Gasteiger partial charge in [-0.25, -0.2) is 5.06 Å². The molecule has 0 aromatic rings. The van der Waals surface area contributed by atoms with E-state index in [1.807, 2.05) is 6.92 Å². The Morgan fingerprint density at radius 1 is 1.33 bits per heavy atom. The molecule has 0 spiro atoms. The molecule has 1 heterocycles. The first-order valence-electron chi connectivity index (χ1n) is 11.6. The van der Waals surface area contributed by atoms with Gasteiger partial charge < -0.3 is 9.16 Å². The Labute approximate surface area is 186 Å². The van der Waals surface area contributed by atoms with Gasteiger partial charge in [0.15, 0.2) is 8.32 Å². The van der Waals surface area contributed by atoms with E-state index in [2.05, 4.69) is 47.4 Å². The van der Waals surface area contributed by atoms with E-state index in [0.717, 1.165) is 25.7 Å². The molecule has 1 fully saturated rings. The number of hydrogen-bond donors (Lipinski definition) is 0. The van der Waals surface area contributed by atoms with E-state index in [-0.39, 0.29) is 29.1 Å². The van der Waals surface area contributed by atoms with Crippen molar-refractivity contribution in [3.8, 4) is 0 Å². The van der Waals surface area contributed by atoms with Gasteiger partial charge in [-0.05, 0) is 55.8 Å². The van der Waals surface area contributed by atoms with Crippen molar-refractivity contribution >= 4 is 14.2 Å². The fourth-order valence-electron chi connectivity index (χ4n) is 3.73. The maximum absolute atomic E-state index is 12.5. The Hall–Kier alpha value is -0.693. The molecular formula is C24H47NO4Si. The highest BCUT2D eigenvalue weighted by atomic mass is 28.4. The minimum absolute atomic E-state index is 0.0116. The highest BCUT2D eigenvalue weighted by Gasteiger charge is 2.40. The predicted molar refractivity (Wildman–Crippen MR) is 127 cm³/mol. The molecule has 30 heavy (non-hydrogen) atoms. The topological polar surface area (TPSA) is 48.0 Å². The van der Waals surface area contributed by atoms with Crippen LogP contribution in [0.3, 0.4) is 0 Å². The molecule has 0 aliphatic carbocycles. The number of rotatable bonds is 12. The van der Waals surface area contributed by atoms with Crippen LogP contribution in [0.4, 0.5) is 0 Å². The molecule has 176 valence electrons. The van der Waals surface area contributed by atoms with Gasteiger partial charge in [-0.3, -0.25) is 9.63 Å². The SMILES string of the molecule is C=C1CC(CCCC)OC1CC[C@@H](C[C@@H](C)C(=O)N(C)OC)O[Si](C)(C)C(C)(C)C. The van der Waals surface area contributed by atoms with Crippen LogP contribution in [0, 0.1) is 5.92 Å². The monoisotopic (exact) mass is 441 g/mol. The van der Waals surface area contributed by atoms with Crippen molar-refractivity contribution < 1.29 is 18.8 Å². The number of carbonyl (C=O) groups excluding carboxylic acids is 1. The number of ether oxygens (including phenoxy) is 1. The molecule has 1 aliphatic heterocycles. The molecule has 6 heteroatoms. The molecule has 1 aliphatic rings. The summed E-state index contributed by atoms with van der Waals surface area (Å²) in [4.78, 5) is 17.6. The van der Waals surface area contributed by atoms with Crippen LogP contribution in [0.15, 0.2) is 12.2 Å². The first-order chi connectivity index (χ1) is 13.8. The molecule has 5 nitrogen and oxygen atoms in total. The Balaban J connectivity index is 2.80. The van der Waals surface area contributed by atoms with Crippen molar-refractivity contribution in [1.82, 2.24) is 5.06 Å². The lowest BCUT2D eigenvalue weighted by atomic mass is 9.96. The molecule has 0 N–H and O–H groups in total. The normalized spacial score (nSPS) is 22.2. The van der Waals surface area contributed by atoms with E-state index in [9.17, 15) is 4.79 Å². The van der Waals surface area contributed by atoms with Gasteiger partial charge in [0.2, 0.25) is 5.91 Å². The molecular weight excluding hydrogens is 394 g/mol. The summed E-state index contributed by atoms with van der Waals surface area (Å²) in [7, 11) is 1.23. The van der Waals surface area contributed by atoms with E-state index >= 15 is 0 Å². The predicted octanol–water partition coefficient (Wildman–Crippen LogP) is 6.11. The van der Waals surface area contributed by atoms with Crippen LogP contribution in [-0.4, -0.2) is 51.8 Å². The van der Waals surface area contributed by atoms with Crippen LogP contribution >= 0.6 is 0 Å². The molecule has 1 amide bonds. The zero-order valence-electron chi connectivity index (χ0n) is 21.0. The number of unbranched alkanes of at least 4 members (excludes halogenated alkanes) is 1. The quantitative estimate of drug-likeness (QED) is 0.208. The fraction of sp³-hybridized carbons (Fsp3) is 0.875. The van der Waals surface area contributed by atoms with Gasteiger partial charge in [-0.1, -0.05) is 54.0 Å². The average molecular weight is 442 g/mol. The van der Waals surface area contributed by atoms with Gasteiger partial charge in [-0.15, -0.1) is 0 Å². The Bertz CT molecular complexity index is 558. The number of amides is 1. The average Bonchev–Trinajstić information content (AvgIpc) is 3.01. The van der Waals surface area contributed by atoms with E-state index in [1.54, 1.807) is 7.05 Å². The summed E-state index contributed by atoms with van der Waals surface area (Å²) in [5.74, 6) is -0.169. The zero-order valence-corrected chi connectivity index (χ0v) is 22.0. The second-order valence-corrected chi connectivity index (χ2v) is 15.2. The summed E-state index contributed by atoms with van der Waals surface area (Å²) < 4.78 is 13.1. The molecule has 4 atom stereocenters. The van der Waals surface area contributed by atoms with E-state index in [4.69, 9.17) is 14.0 Å². The summed E-state index contributed by atoms with van der Waals surface area (Å²) >= 11 is 0. The van der Waals surface area contributed by atoms with Gasteiger partial charge in [0.05, 0.1) is 19.3 Å². The highest BCUT2D eigenvalue weighted by Crippen LogP contribution is 2.39. The third-order valence-corrected chi connectivity index (χ3v) is 11.4. The van der Waals surface area contributed by atoms with Crippen LogP contribution in [0.5, 0.6) is 0 Å². The van der Waals surface area contributed by atoms with Crippen LogP contribution < -0.4 is 0 Å². The van der Waals surface area contributed by atoms with Gasteiger partial charge in [0.1, 0.15) is 0 Å². The van der Waals surface area contributed by atoms with Crippen molar-refractivity contribution in [1.29, 1.82) is 0 Å². The van der Waals surface area contributed by atoms with Crippen molar-refractivity contribution in [3.05, 3.63) is 12.2 Å². The van der Waals surface area contributed by atoms with Gasteiger partial charge in [-0.2, -0.15) is 0 Å². The number of hydrogen-bond acceptors (Lipinski definition) is 4. The molecule has 0 bridgehead atoms. The molecule has 0 aromatic carbocycles. The Morgan fingerprint density at radius 3 is 2.50 bits per heavy atom. The second-order valence-electron chi connectivity index (χ2n) is 10.5. The first-order valence-corrected chi connectivity index (χ1v) is 14.6. The molecule has 0 saturated carbocycles. The lowest BCUT2D eigenvalue weighted by Crippen LogP contribution is -2.45. The third kappa shape index (κ3) is 8.10.